The van der Waals surface area contributed by atoms with Crippen LogP contribution in [0.4, 0.5) is 5.69 Å². The molecule has 0 atom stereocenters. The van der Waals surface area contributed by atoms with Crippen molar-refractivity contribution in [2.45, 2.75) is 0 Å². The van der Waals surface area contributed by atoms with Gasteiger partial charge in [0.25, 0.3) is 0 Å². The minimum Gasteiger partial charge on any atom is -0.454 e. The number of para-hydroxylation sites is 1. The van der Waals surface area contributed by atoms with Crippen LogP contribution in [0, 0.1) is 17.9 Å². The lowest BCUT2D eigenvalue weighted by atomic mass is 9.90. The minimum atomic E-state index is 0.342. The highest BCUT2D eigenvalue weighted by Gasteiger charge is 2.35. The second kappa shape index (κ2) is 15.5. The quantitative estimate of drug-likeness (QED) is 0.165. The number of aromatic nitrogens is 3. The molecule has 0 aliphatic carbocycles. The molecule has 17 aromatic rings. The molecule has 76 heavy (non-hydrogen) atoms. The molecule has 0 saturated carbocycles. The summed E-state index contributed by atoms with van der Waals surface area (Å²) in [5.74, 6) is 0. The molecule has 0 aliphatic rings. The highest BCUT2D eigenvalue weighted by atomic mass is 32.1. The van der Waals surface area contributed by atoms with Gasteiger partial charge in [-0.2, -0.15) is 5.26 Å². The van der Waals surface area contributed by atoms with E-state index in [4.69, 9.17) is 9.40 Å². The van der Waals surface area contributed by atoms with Crippen LogP contribution in [0.5, 0.6) is 0 Å². The number of hydrogen-bond donors (Lipinski definition) is 0. The molecule has 9 heteroatoms. The van der Waals surface area contributed by atoms with Gasteiger partial charge in [-0.1, -0.05) is 152 Å². The van der Waals surface area contributed by atoms with Crippen LogP contribution in [0.15, 0.2) is 205 Å². The van der Waals surface area contributed by atoms with E-state index < -0.39 is 0 Å². The Kier molecular flexibility index (Phi) is 8.51. The number of rotatable bonds is 4. The van der Waals surface area contributed by atoms with E-state index in [1.165, 1.54) is 30.3 Å². The molecule has 6 nitrogen and oxygen atoms in total. The van der Waals surface area contributed by atoms with Crippen molar-refractivity contribution in [3.8, 4) is 39.8 Å². The van der Waals surface area contributed by atoms with Gasteiger partial charge < -0.3 is 13.6 Å². The van der Waals surface area contributed by atoms with E-state index in [-0.39, 0.29) is 0 Å². The second-order valence-electron chi connectivity index (χ2n) is 19.4. The third-order valence-corrected chi connectivity index (χ3v) is 19.2. The van der Waals surface area contributed by atoms with Crippen molar-refractivity contribution in [3.05, 3.63) is 217 Å². The van der Waals surface area contributed by atoms with Crippen LogP contribution in [0.1, 0.15) is 5.56 Å². The molecule has 0 amide bonds. The molecule has 0 saturated heterocycles. The molecule has 350 valence electrons. The Morgan fingerprint density at radius 2 is 0.895 bits per heavy atom. The summed E-state index contributed by atoms with van der Waals surface area (Å²) in [5, 5.41) is 25.5. The van der Waals surface area contributed by atoms with Gasteiger partial charge in [0.1, 0.15) is 11.7 Å². The van der Waals surface area contributed by atoms with Crippen molar-refractivity contribution >= 4 is 166 Å². The normalized spacial score (nSPS) is 12.2. The molecule has 7 aromatic heterocycles. The lowest BCUT2D eigenvalue weighted by molar-refractivity contribution is 0.671. The predicted octanol–water partition coefficient (Wildman–Crippen LogP) is 20.0. The summed E-state index contributed by atoms with van der Waals surface area (Å²) in [6.45, 7) is 9.63. The minimum absolute atomic E-state index is 0.342. The highest BCUT2D eigenvalue weighted by Crippen LogP contribution is 2.56. The first-order chi connectivity index (χ1) is 37.7. The van der Waals surface area contributed by atoms with Crippen LogP contribution < -0.4 is 0 Å². The number of pyridine rings is 1. The van der Waals surface area contributed by atoms with E-state index in [0.29, 0.717) is 33.9 Å². The highest BCUT2D eigenvalue weighted by molar-refractivity contribution is 7.27. The summed E-state index contributed by atoms with van der Waals surface area (Å²) in [5.41, 5.74) is 9.97. The van der Waals surface area contributed by atoms with Gasteiger partial charge in [0.15, 0.2) is 5.58 Å². The zero-order valence-corrected chi connectivity index (χ0v) is 42.4. The lowest BCUT2D eigenvalue weighted by Crippen LogP contribution is -2.09. The Labute approximate surface area is 443 Å². The Balaban J connectivity index is 1.20. The Morgan fingerprint density at radius 1 is 0.434 bits per heavy atom. The van der Waals surface area contributed by atoms with Crippen LogP contribution >= 0.6 is 34.0 Å². The van der Waals surface area contributed by atoms with Crippen molar-refractivity contribution in [2.24, 2.45) is 0 Å². The van der Waals surface area contributed by atoms with Gasteiger partial charge in [-0.15, -0.1) is 34.0 Å². The average Bonchev–Trinajstić information content (AvgIpc) is 4.41. The molecular weight excluding hydrogens is 987 g/mol. The van der Waals surface area contributed by atoms with E-state index in [2.05, 4.69) is 178 Å². The summed E-state index contributed by atoms with van der Waals surface area (Å²) >= 11 is 5.33. The molecule has 0 fully saturated rings. The first kappa shape index (κ1) is 41.8. The Bertz CT molecular complexity index is 4950. The molecule has 0 radical (unpaired) electrons. The van der Waals surface area contributed by atoms with Crippen LogP contribution in [0.3, 0.4) is 0 Å². The largest absolute Gasteiger partial charge is 0.454 e. The zero-order chi connectivity index (χ0) is 49.9. The maximum absolute atomic E-state index is 12.3. The average molecular weight is 1020 g/mol. The van der Waals surface area contributed by atoms with Gasteiger partial charge in [0.05, 0.1) is 65.4 Å². The molecular formula is C67H33N5OS3. The molecule has 10 aromatic carbocycles. The third kappa shape index (κ3) is 5.42. The van der Waals surface area contributed by atoms with E-state index in [1.807, 2.05) is 36.4 Å². The molecule has 17 rings (SSSR count). The summed E-state index contributed by atoms with van der Waals surface area (Å²) in [4.78, 5) is 9.73. The van der Waals surface area contributed by atoms with Gasteiger partial charge in [0, 0.05) is 96.1 Å². The lowest BCUT2D eigenvalue weighted by Gasteiger charge is -2.25. The maximum atomic E-state index is 12.3. The summed E-state index contributed by atoms with van der Waals surface area (Å²) in [7, 11) is 0. The molecule has 0 aliphatic heterocycles. The number of hydrogen-bond acceptors (Lipinski definition) is 6. The molecule has 0 bridgehead atoms. The number of thiophene rings is 3. The van der Waals surface area contributed by atoms with E-state index in [1.54, 1.807) is 40.2 Å². The Hall–Kier alpha value is -9.61. The number of nitrogens with zero attached hydrogens (tertiary/aromatic N) is 5. The van der Waals surface area contributed by atoms with Crippen LogP contribution in [0.2, 0.25) is 0 Å². The molecule has 0 spiro atoms. The van der Waals surface area contributed by atoms with Gasteiger partial charge >= 0.3 is 0 Å². The second-order valence-corrected chi connectivity index (χ2v) is 22.5. The third-order valence-electron chi connectivity index (χ3n) is 15.6. The van der Waals surface area contributed by atoms with E-state index >= 15 is 0 Å². The maximum Gasteiger partial charge on any atom is 0.221 e. The predicted molar refractivity (Wildman–Crippen MR) is 321 cm³/mol. The number of furan rings is 1. The zero-order valence-electron chi connectivity index (χ0n) is 39.9. The van der Waals surface area contributed by atoms with Gasteiger partial charge in [-0.3, -0.25) is 4.98 Å². The van der Waals surface area contributed by atoms with E-state index in [0.717, 1.165) is 107 Å². The number of fused-ring (bicyclic) bond motifs is 22. The topological polar surface area (TPSA) is 64.0 Å². The van der Waals surface area contributed by atoms with Crippen molar-refractivity contribution < 1.29 is 4.42 Å². The number of benzene rings is 10. The van der Waals surface area contributed by atoms with E-state index in [9.17, 15) is 11.8 Å². The summed E-state index contributed by atoms with van der Waals surface area (Å²) < 4.78 is 18.8. The van der Waals surface area contributed by atoms with Gasteiger partial charge in [-0.05, 0) is 48.0 Å². The standard InChI is InChI=1S/C67H33N5OS3/c1-69-57-56(50-21-13-14-34-70-50)49(35-68)58(71-59-41(26-30-45-37-17-5-9-22-51(37)73-64(45)59)42-27-31-46-38-18-6-10-23-52(38)74-65(46)60(42)71)55(36-15-3-2-4-16-36)63(57)72-61-43(28-32-47-39-19-7-11-24-53(39)75-66(47)61)44-29-33-48-40-20-8-12-25-54(40)76-67(48)62(44)72/h2-34H. The number of nitriles is 1. The van der Waals surface area contributed by atoms with Crippen LogP contribution in [-0.2, 0) is 0 Å². The molecule has 7 heterocycles. The fraction of sp³-hybridized carbons (Fsp3) is 0. The Morgan fingerprint density at radius 3 is 1.42 bits per heavy atom. The molecule has 0 unspecified atom stereocenters. The smallest absolute Gasteiger partial charge is 0.221 e. The summed E-state index contributed by atoms with van der Waals surface area (Å²) in [6.07, 6.45) is 1.76. The monoisotopic (exact) mass is 1020 g/mol. The van der Waals surface area contributed by atoms with Crippen molar-refractivity contribution in [1.82, 2.24) is 14.1 Å². The first-order valence-electron chi connectivity index (χ1n) is 25.0. The molecule has 0 N–H and O–H groups in total. The summed E-state index contributed by atoms with van der Waals surface area (Å²) in [6, 6.07) is 71.2. The van der Waals surface area contributed by atoms with Crippen molar-refractivity contribution in [3.63, 3.8) is 0 Å². The van der Waals surface area contributed by atoms with Crippen molar-refractivity contribution in [1.29, 1.82) is 5.26 Å². The van der Waals surface area contributed by atoms with Gasteiger partial charge in [-0.25, -0.2) is 4.85 Å². The SMILES string of the molecule is [C-]#[N+]c1c(-c2ccccn2)c(C#N)c(-n2c3c(ccc4c5ccccc5oc43)c3ccc4c5ccccc5sc4c32)c(-c2ccccc2)c1-n1c2c(ccc3c4ccccc4sc32)c2ccc3c4ccccc4sc3c21. The van der Waals surface area contributed by atoms with Crippen LogP contribution in [-0.4, -0.2) is 14.1 Å². The van der Waals surface area contributed by atoms with Gasteiger partial charge in [0.2, 0.25) is 5.69 Å². The fourth-order valence-corrected chi connectivity index (χ4v) is 16.3. The van der Waals surface area contributed by atoms with Crippen molar-refractivity contribution in [2.75, 3.05) is 0 Å². The first-order valence-corrected chi connectivity index (χ1v) is 27.5. The fourth-order valence-electron chi connectivity index (χ4n) is 12.5. The van der Waals surface area contributed by atoms with Crippen LogP contribution in [0.25, 0.3) is 165 Å².